The zero-order valence-corrected chi connectivity index (χ0v) is 7.02. The van der Waals surface area contributed by atoms with Crippen molar-refractivity contribution in [1.82, 2.24) is 4.98 Å². The van der Waals surface area contributed by atoms with E-state index in [9.17, 15) is 4.39 Å². The van der Waals surface area contributed by atoms with Crippen LogP contribution in [-0.2, 0) is 0 Å². The fourth-order valence-electron chi connectivity index (χ4n) is 0.516. The van der Waals surface area contributed by atoms with Crippen LogP contribution in [0.3, 0.4) is 0 Å². The Morgan fingerprint density at radius 2 is 2.22 bits per heavy atom. The molecule has 0 saturated carbocycles. The number of aryl methyl sites for hydroxylation is 1. The summed E-state index contributed by atoms with van der Waals surface area (Å²) in [5.74, 6) is -0.240. The van der Waals surface area contributed by atoms with Gasteiger partial charge >= 0.3 is 0 Å². The van der Waals surface area contributed by atoms with E-state index in [-0.39, 0.29) is 5.82 Å². The van der Waals surface area contributed by atoms with Crippen LogP contribution in [-0.4, -0.2) is 4.98 Å². The maximum Gasteiger partial charge on any atom is 0.155 e. The number of aromatic nitrogens is 1. The predicted molar refractivity (Wildman–Crippen MR) is 41.6 cm³/mol. The van der Waals surface area contributed by atoms with E-state index in [0.717, 1.165) is 5.56 Å². The van der Waals surface area contributed by atoms with Gasteiger partial charge in [0.2, 0.25) is 0 Å². The summed E-state index contributed by atoms with van der Waals surface area (Å²) in [6, 6.07) is 0. The van der Waals surface area contributed by atoms with Gasteiger partial charge in [0.1, 0.15) is 0 Å². The molecule has 0 aliphatic carbocycles. The van der Waals surface area contributed by atoms with Gasteiger partial charge in [0, 0.05) is 6.20 Å². The van der Waals surface area contributed by atoms with Crippen LogP contribution in [0.25, 0.3) is 0 Å². The maximum absolute atomic E-state index is 12.5. The molecule has 0 fully saturated rings. The van der Waals surface area contributed by atoms with E-state index in [2.05, 4.69) is 4.98 Å². The van der Waals surface area contributed by atoms with Crippen molar-refractivity contribution in [2.75, 3.05) is 0 Å². The van der Waals surface area contributed by atoms with E-state index in [1.807, 2.05) is 29.5 Å². The van der Waals surface area contributed by atoms with Crippen molar-refractivity contribution in [2.24, 2.45) is 0 Å². The van der Waals surface area contributed by atoms with Crippen LogP contribution in [0.15, 0.2) is 12.4 Å². The van der Waals surface area contributed by atoms with Gasteiger partial charge < -0.3 is 0 Å². The number of halogens is 2. The molecule has 1 heterocycles. The number of nitrogens with zero attached hydrogens (tertiary/aromatic N) is 1. The van der Waals surface area contributed by atoms with Gasteiger partial charge in [0.25, 0.3) is 0 Å². The summed E-state index contributed by atoms with van der Waals surface area (Å²) >= 11 is 1.95. The quantitative estimate of drug-likeness (QED) is 0.630. The minimum Gasteiger partial charge on any atom is -0.261 e. The maximum atomic E-state index is 12.5. The van der Waals surface area contributed by atoms with Gasteiger partial charge in [-0.05, 0) is 35.1 Å². The fraction of sp³-hybridized carbons (Fsp3) is 0.167. The standard InChI is InChI=1S/C6H5FIN/c1-4-2-9-3-5(7)6(4)8/h2-3H,1H3. The van der Waals surface area contributed by atoms with Crippen LogP contribution >= 0.6 is 22.6 Å². The topological polar surface area (TPSA) is 12.9 Å². The number of rotatable bonds is 0. The Bertz CT molecular complexity index is 204. The molecule has 0 saturated heterocycles. The van der Waals surface area contributed by atoms with Crippen LogP contribution in [0, 0.1) is 16.3 Å². The summed E-state index contributed by atoms with van der Waals surface area (Å²) in [6.07, 6.45) is 2.86. The number of pyridine rings is 1. The smallest absolute Gasteiger partial charge is 0.155 e. The van der Waals surface area contributed by atoms with Crippen molar-refractivity contribution in [1.29, 1.82) is 0 Å². The van der Waals surface area contributed by atoms with E-state index < -0.39 is 0 Å². The molecule has 0 aromatic carbocycles. The van der Waals surface area contributed by atoms with Gasteiger partial charge in [0.05, 0.1) is 9.77 Å². The van der Waals surface area contributed by atoms with Crippen molar-refractivity contribution in [3.63, 3.8) is 0 Å². The molecule has 0 atom stereocenters. The summed E-state index contributed by atoms with van der Waals surface area (Å²) in [7, 11) is 0. The Kier molecular flexibility index (Phi) is 2.00. The molecule has 0 unspecified atom stereocenters. The minimum atomic E-state index is -0.240. The average molecular weight is 237 g/mol. The molecule has 48 valence electrons. The Hall–Kier alpha value is -0.190. The van der Waals surface area contributed by atoms with E-state index in [0.29, 0.717) is 3.57 Å². The normalized spacial score (nSPS) is 9.67. The highest BCUT2D eigenvalue weighted by molar-refractivity contribution is 14.1. The Balaban J connectivity index is 3.25. The fourth-order valence-corrected chi connectivity index (χ4v) is 0.795. The summed E-state index contributed by atoms with van der Waals surface area (Å²) in [4.78, 5) is 3.66. The highest BCUT2D eigenvalue weighted by Gasteiger charge is 1.99. The average Bonchev–Trinajstić information content (AvgIpc) is 1.83. The van der Waals surface area contributed by atoms with Crippen molar-refractivity contribution < 1.29 is 4.39 Å². The van der Waals surface area contributed by atoms with E-state index >= 15 is 0 Å². The Morgan fingerprint density at radius 3 is 2.67 bits per heavy atom. The molecule has 0 radical (unpaired) electrons. The molecule has 1 rings (SSSR count). The molecular weight excluding hydrogens is 232 g/mol. The van der Waals surface area contributed by atoms with Gasteiger partial charge in [-0.1, -0.05) is 0 Å². The van der Waals surface area contributed by atoms with Crippen molar-refractivity contribution >= 4 is 22.6 Å². The molecule has 0 spiro atoms. The van der Waals surface area contributed by atoms with Crippen LogP contribution in [0.1, 0.15) is 5.56 Å². The molecule has 0 aliphatic rings. The molecule has 3 heteroatoms. The molecule has 9 heavy (non-hydrogen) atoms. The predicted octanol–water partition coefficient (Wildman–Crippen LogP) is 2.13. The summed E-state index contributed by atoms with van der Waals surface area (Å²) in [5.41, 5.74) is 0.885. The van der Waals surface area contributed by atoms with Crippen LogP contribution in [0.5, 0.6) is 0 Å². The molecule has 0 N–H and O–H groups in total. The molecule has 0 aliphatic heterocycles. The monoisotopic (exact) mass is 237 g/mol. The lowest BCUT2D eigenvalue weighted by molar-refractivity contribution is 0.612. The van der Waals surface area contributed by atoms with Gasteiger partial charge in [0.15, 0.2) is 5.82 Å². The largest absolute Gasteiger partial charge is 0.261 e. The lowest BCUT2D eigenvalue weighted by Gasteiger charge is -1.94. The zero-order valence-electron chi connectivity index (χ0n) is 4.86. The molecule has 0 amide bonds. The second-order valence-corrected chi connectivity index (χ2v) is 2.83. The first-order valence-electron chi connectivity index (χ1n) is 2.47. The first kappa shape index (κ1) is 6.92. The summed E-state index contributed by atoms with van der Waals surface area (Å²) in [5, 5.41) is 0. The van der Waals surface area contributed by atoms with Crippen LogP contribution in [0.2, 0.25) is 0 Å². The van der Waals surface area contributed by atoms with E-state index in [1.54, 1.807) is 6.20 Å². The van der Waals surface area contributed by atoms with Crippen LogP contribution in [0.4, 0.5) is 4.39 Å². The second kappa shape index (κ2) is 2.60. The first-order chi connectivity index (χ1) is 4.22. The molecule has 0 bridgehead atoms. The van der Waals surface area contributed by atoms with Crippen molar-refractivity contribution in [3.05, 3.63) is 27.3 Å². The van der Waals surface area contributed by atoms with Gasteiger partial charge in [-0.2, -0.15) is 0 Å². The Morgan fingerprint density at radius 1 is 1.56 bits per heavy atom. The molecule has 1 nitrogen and oxygen atoms in total. The highest BCUT2D eigenvalue weighted by atomic mass is 127. The molecular formula is C6H5FIN. The van der Waals surface area contributed by atoms with Gasteiger partial charge in [-0.15, -0.1) is 0 Å². The second-order valence-electron chi connectivity index (χ2n) is 1.75. The zero-order chi connectivity index (χ0) is 6.85. The first-order valence-corrected chi connectivity index (χ1v) is 3.55. The highest BCUT2D eigenvalue weighted by Crippen LogP contribution is 2.12. The van der Waals surface area contributed by atoms with Crippen LogP contribution < -0.4 is 0 Å². The number of hydrogen-bond donors (Lipinski definition) is 0. The summed E-state index contributed by atoms with van der Waals surface area (Å²) in [6.45, 7) is 1.83. The lowest BCUT2D eigenvalue weighted by Crippen LogP contribution is -1.87. The summed E-state index contributed by atoms with van der Waals surface area (Å²) < 4.78 is 13.2. The van der Waals surface area contributed by atoms with Crippen molar-refractivity contribution in [3.8, 4) is 0 Å². The SMILES string of the molecule is Cc1cncc(F)c1I. The van der Waals surface area contributed by atoms with Gasteiger partial charge in [-0.3, -0.25) is 4.98 Å². The lowest BCUT2D eigenvalue weighted by atomic mass is 10.3. The molecule has 1 aromatic rings. The van der Waals surface area contributed by atoms with E-state index in [4.69, 9.17) is 0 Å². The van der Waals surface area contributed by atoms with Crippen molar-refractivity contribution in [2.45, 2.75) is 6.92 Å². The van der Waals surface area contributed by atoms with Gasteiger partial charge in [-0.25, -0.2) is 4.39 Å². The molecule has 1 aromatic heterocycles. The third kappa shape index (κ3) is 1.38. The Labute approximate surface area is 66.4 Å². The van der Waals surface area contributed by atoms with E-state index in [1.165, 1.54) is 6.20 Å². The third-order valence-corrected chi connectivity index (χ3v) is 2.38. The minimum absolute atomic E-state index is 0.240. The number of hydrogen-bond acceptors (Lipinski definition) is 1. The third-order valence-electron chi connectivity index (χ3n) is 1.01.